The van der Waals surface area contributed by atoms with E-state index in [1.54, 1.807) is 66.7 Å². The van der Waals surface area contributed by atoms with Crippen molar-refractivity contribution in [3.8, 4) is 11.5 Å². The second-order valence-electron chi connectivity index (χ2n) is 19.1. The van der Waals surface area contributed by atoms with Crippen LogP contribution in [0.3, 0.4) is 0 Å². The number of rotatable bonds is 19. The molecule has 0 heterocycles. The zero-order valence-electron chi connectivity index (χ0n) is 49.7. The van der Waals surface area contributed by atoms with Gasteiger partial charge in [-0.3, -0.25) is 9.59 Å². The first-order valence-corrected chi connectivity index (χ1v) is 34.0. The van der Waals surface area contributed by atoms with Gasteiger partial charge in [0.1, 0.15) is 17.5 Å². The predicted molar refractivity (Wildman–Crippen MR) is 355 cm³/mol. The fraction of sp³-hybridized carbons (Fsp3) is 0.129. The van der Waals surface area contributed by atoms with Gasteiger partial charge in [0.2, 0.25) is 20.0 Å². The minimum atomic E-state index is -4.03. The number of aryl methyl sites for hydroxylation is 1. The van der Waals surface area contributed by atoms with Gasteiger partial charge < -0.3 is 40.2 Å². The normalized spacial score (nSPS) is 11.2. The Morgan fingerprint density at radius 2 is 0.853 bits per heavy atom. The van der Waals surface area contributed by atoms with Crippen molar-refractivity contribution in [1.29, 1.82) is 0 Å². The number of nitrogens with one attached hydrogen (secondary N) is 4. The van der Waals surface area contributed by atoms with Crippen LogP contribution in [-0.2, 0) is 67.6 Å². The molecule has 33 heteroatoms. The first-order chi connectivity index (χ1) is 44.2. The number of carbonyl (C=O) groups is 6. The van der Waals surface area contributed by atoms with E-state index in [1.165, 1.54) is 100 Å². The number of phenolic OH excluding ortho intramolecular Hbond substituents is 2. The van der Waals surface area contributed by atoms with Crippen molar-refractivity contribution in [3.05, 3.63) is 244 Å². The minimum Gasteiger partial charge on any atom is -0.508 e. The third-order valence-electron chi connectivity index (χ3n) is 12.5. The summed E-state index contributed by atoms with van der Waals surface area (Å²) < 4.78 is 90.1. The van der Waals surface area contributed by atoms with Crippen LogP contribution < -0.4 is 20.1 Å². The quantitative estimate of drug-likeness (QED) is 0.0225. The van der Waals surface area contributed by atoms with Crippen LogP contribution in [0.15, 0.2) is 178 Å². The number of hydrogen-bond acceptors (Lipinski definition) is 17. The van der Waals surface area contributed by atoms with Crippen LogP contribution >= 0.6 is 80.3 Å². The molecule has 8 aromatic carbocycles. The maximum absolute atomic E-state index is 12.9. The number of carbonyl (C=O) groups excluding carboxylic acids is 5. The molecule has 8 aromatic rings. The molecular formula is C62H53AcCl7N4O18S3. The molecular weight excluding hydrogens is 1660 g/mol. The molecule has 0 aromatic heterocycles. The monoisotopic (exact) mass is 1710 g/mol. The summed E-state index contributed by atoms with van der Waals surface area (Å²) in [6.45, 7) is 1.82. The van der Waals surface area contributed by atoms with E-state index in [9.17, 15) is 69.3 Å². The zero-order chi connectivity index (χ0) is 69.8. The van der Waals surface area contributed by atoms with Crippen LogP contribution in [0.4, 0.5) is 5.69 Å². The molecule has 1 radical (unpaired) electrons. The third-order valence-corrected chi connectivity index (χ3v) is 18.5. The first kappa shape index (κ1) is 80.9. The molecule has 0 bridgehead atoms. The third kappa shape index (κ3) is 24.5. The van der Waals surface area contributed by atoms with Gasteiger partial charge in [-0.1, -0.05) is 118 Å². The number of methoxy groups -OCH3 is 3. The number of carboxylic acids is 1. The summed E-state index contributed by atoms with van der Waals surface area (Å²) in [5.74, 6) is -4.31. The van der Waals surface area contributed by atoms with Crippen molar-refractivity contribution in [2.24, 2.45) is 0 Å². The molecule has 2 amide bonds. The standard InChI is InChI=1S/C30H24Cl3N3O7S.C15H14ClNO5S.C9H9ClO2.C8H6Cl2O4S.Ac/c31-23-5-2-6-24(32)27(23)29(39)35-19-9-7-17(8-10-19)14-26(30(40)41)36-28(38)22-12-11-21(15-25(22)33)44(42,43)34-16-18-3-1-4-20(37)13-18;1-22-15(19)13-6-5-12(8-14(13)16)23(20,21)17-9-10-3-2-4-11(18)7-10;1-6-3-4-7(8(10)5-6)9(11)12-2;1-14-8(11)6-3-2-5(4-7(6)9)15(10,12)13;/h1-13,15,26,34,37H,14,16H2,(H,35,39)(H,36,38)(H,40,41);2-8,17-18H,9H2,1H3;3-5H,1-2H3;2-4H,1H3;. The Balaban J connectivity index is 0.000000311. The smallest absolute Gasteiger partial charge is 0.339 e. The number of halogens is 7. The molecule has 95 heavy (non-hydrogen) atoms. The number of hydrogen-bond donors (Lipinski definition) is 7. The topological polar surface area (TPSA) is 341 Å². The summed E-state index contributed by atoms with van der Waals surface area (Å²) in [6.07, 6.45) is -0.102. The Labute approximate surface area is 616 Å². The number of benzene rings is 8. The summed E-state index contributed by atoms with van der Waals surface area (Å²) in [7, 11) is -2.84. The van der Waals surface area contributed by atoms with Crippen molar-refractivity contribution in [2.45, 2.75) is 47.2 Å². The van der Waals surface area contributed by atoms with Gasteiger partial charge in [-0.2, -0.15) is 0 Å². The number of carboxylic acid groups (broad SMARTS) is 1. The molecule has 0 aliphatic rings. The van der Waals surface area contributed by atoms with Crippen LogP contribution in [0.25, 0.3) is 0 Å². The van der Waals surface area contributed by atoms with Crippen molar-refractivity contribution in [1.82, 2.24) is 14.8 Å². The molecule has 0 spiro atoms. The van der Waals surface area contributed by atoms with Crippen molar-refractivity contribution in [2.75, 3.05) is 26.6 Å². The Morgan fingerprint density at radius 3 is 1.24 bits per heavy atom. The maximum Gasteiger partial charge on any atom is 0.339 e. The number of esters is 3. The minimum absolute atomic E-state index is 0. The average molecular weight is 1710 g/mol. The number of ether oxygens (including phenoxy) is 3. The maximum atomic E-state index is 12.9. The Kier molecular flexibility index (Phi) is 31.7. The predicted octanol–water partition coefficient (Wildman–Crippen LogP) is 12.3. The van der Waals surface area contributed by atoms with Gasteiger partial charge in [0, 0.05) is 79.9 Å². The average Bonchev–Trinajstić information content (AvgIpc) is 0.838. The molecule has 0 saturated carbocycles. The van der Waals surface area contributed by atoms with E-state index in [2.05, 4.69) is 34.3 Å². The summed E-state index contributed by atoms with van der Waals surface area (Å²) in [4.78, 5) is 70.6. The van der Waals surface area contributed by atoms with Crippen molar-refractivity contribution in [3.63, 3.8) is 0 Å². The SMILES string of the molecule is COC(=O)c1ccc(C)cc1Cl.COC(=O)c1ccc(S(=O)(=O)Cl)cc1Cl.COC(=O)c1ccc(S(=O)(=O)NCc2cccc(O)c2)cc1Cl.O=C(NC(Cc1ccc(NC(=O)c2c(Cl)cccc2Cl)cc1)C(=O)O)c1ccc(S(=O)(=O)NCc2cccc(O)c2)cc1Cl.[Ac]. The van der Waals surface area contributed by atoms with Crippen LogP contribution in [-0.4, -0.2) is 104 Å². The summed E-state index contributed by atoms with van der Waals surface area (Å²) >= 11 is 35.8. The van der Waals surface area contributed by atoms with E-state index in [0.29, 0.717) is 33.0 Å². The molecule has 499 valence electrons. The molecule has 0 aliphatic heterocycles. The van der Waals surface area contributed by atoms with Crippen molar-refractivity contribution >= 4 is 151 Å². The van der Waals surface area contributed by atoms with Crippen molar-refractivity contribution < 1.29 is 128 Å². The number of phenols is 2. The van der Waals surface area contributed by atoms with Gasteiger partial charge in [0.05, 0.1) is 94.0 Å². The number of anilines is 1. The number of aromatic hydroxyl groups is 2. The molecule has 22 nitrogen and oxygen atoms in total. The van der Waals surface area contributed by atoms with Crippen LogP contribution in [0.5, 0.6) is 11.5 Å². The Morgan fingerprint density at radius 1 is 0.463 bits per heavy atom. The second-order valence-corrected chi connectivity index (χ2v) is 27.7. The van der Waals surface area contributed by atoms with Gasteiger partial charge in [-0.25, -0.2) is 53.9 Å². The molecule has 1 atom stereocenters. The second kappa shape index (κ2) is 37.2. The molecule has 1 unspecified atom stereocenters. The fourth-order valence-electron chi connectivity index (χ4n) is 7.76. The van der Waals surface area contributed by atoms with Gasteiger partial charge in [0.15, 0.2) is 0 Å². The number of aliphatic carboxylic acids is 1. The van der Waals surface area contributed by atoms with Gasteiger partial charge in [-0.15, -0.1) is 0 Å². The van der Waals surface area contributed by atoms with Crippen LogP contribution in [0.1, 0.15) is 74.0 Å². The van der Waals surface area contributed by atoms with Crippen LogP contribution in [0, 0.1) is 51.0 Å². The van der Waals surface area contributed by atoms with E-state index in [4.69, 9.17) is 80.3 Å². The van der Waals surface area contributed by atoms with E-state index < -0.39 is 70.8 Å². The zero-order valence-corrected chi connectivity index (χ0v) is 62.2. The Hall–Kier alpha value is -6.58. The van der Waals surface area contributed by atoms with E-state index in [-0.39, 0.29) is 137 Å². The number of sulfonamides is 2. The molecule has 8 rings (SSSR count). The Bertz CT molecular complexity index is 4480. The molecule has 0 fully saturated rings. The molecule has 7 N–H and O–H groups in total. The largest absolute Gasteiger partial charge is 0.508 e. The summed E-state index contributed by atoms with van der Waals surface area (Å²) in [5.41, 5.74) is 3.66. The fourth-order valence-corrected chi connectivity index (χ4v) is 12.5. The summed E-state index contributed by atoms with van der Waals surface area (Å²) in [6, 6.07) is 37.8. The molecule has 0 aliphatic carbocycles. The number of amides is 2. The van der Waals surface area contributed by atoms with Crippen LogP contribution in [0.2, 0.25) is 30.1 Å². The van der Waals surface area contributed by atoms with Gasteiger partial charge in [0.25, 0.3) is 20.9 Å². The first-order valence-electron chi connectivity index (χ1n) is 26.5. The summed E-state index contributed by atoms with van der Waals surface area (Å²) in [5, 5.41) is 34.3. The van der Waals surface area contributed by atoms with E-state index in [1.807, 2.05) is 13.0 Å². The van der Waals surface area contributed by atoms with Gasteiger partial charge >= 0.3 is 23.9 Å². The molecule has 0 saturated heterocycles. The van der Waals surface area contributed by atoms with E-state index in [0.717, 1.165) is 17.7 Å². The van der Waals surface area contributed by atoms with Gasteiger partial charge in [-0.05, 0) is 144 Å². The van der Waals surface area contributed by atoms with E-state index >= 15 is 0 Å².